The summed E-state index contributed by atoms with van der Waals surface area (Å²) in [5.41, 5.74) is -0.474. The summed E-state index contributed by atoms with van der Waals surface area (Å²) in [5.74, 6) is -0.154. The van der Waals surface area contributed by atoms with Gasteiger partial charge in [0.25, 0.3) is 5.69 Å². The summed E-state index contributed by atoms with van der Waals surface area (Å²) in [7, 11) is -0.335. The van der Waals surface area contributed by atoms with Crippen LogP contribution in [0.2, 0.25) is 0 Å². The molecule has 0 unspecified atom stereocenters. The van der Waals surface area contributed by atoms with Crippen molar-refractivity contribution < 1.29 is 37.1 Å². The Morgan fingerprint density at radius 3 is 2.05 bits per heavy atom. The van der Waals surface area contributed by atoms with E-state index in [-0.39, 0.29) is 16.1 Å². The van der Waals surface area contributed by atoms with E-state index in [0.717, 1.165) is 9.87 Å². The number of methoxy groups -OCH3 is 3. The standard InChI is InChI=1S/C32H30N2O9S/c1-21-10-17-26(18-11-21)44(38,39)33-29(22-12-15-25(16-13-22)34(36)37)32(31(35)42-4,24-8-6-5-7-9-24)43-30(33)23-14-19-27(40-2)28(20-23)41-3/h5-20,29-30H,1-4H3/t29-,30-,32+/m1/s1. The molecule has 12 heteroatoms. The van der Waals surface area contributed by atoms with Gasteiger partial charge in [0.05, 0.1) is 37.2 Å². The molecule has 1 aliphatic heterocycles. The molecule has 11 nitrogen and oxygen atoms in total. The number of nitro benzene ring substituents is 1. The second-order valence-corrected chi connectivity index (χ2v) is 11.9. The van der Waals surface area contributed by atoms with Crippen molar-refractivity contribution in [3.8, 4) is 11.5 Å². The molecule has 44 heavy (non-hydrogen) atoms. The van der Waals surface area contributed by atoms with Crippen LogP contribution in [0.25, 0.3) is 0 Å². The fourth-order valence-electron chi connectivity index (χ4n) is 5.43. The molecular weight excluding hydrogens is 588 g/mol. The molecule has 0 saturated carbocycles. The van der Waals surface area contributed by atoms with E-state index in [1.54, 1.807) is 60.7 Å². The summed E-state index contributed by atoms with van der Waals surface area (Å²) >= 11 is 0. The number of ether oxygens (including phenoxy) is 4. The number of nitro groups is 1. The van der Waals surface area contributed by atoms with E-state index < -0.39 is 38.8 Å². The lowest BCUT2D eigenvalue weighted by Gasteiger charge is -2.34. The quantitative estimate of drug-likeness (QED) is 0.136. The number of hydrogen-bond donors (Lipinski definition) is 0. The minimum atomic E-state index is -4.44. The van der Waals surface area contributed by atoms with Gasteiger partial charge in [0.15, 0.2) is 17.7 Å². The van der Waals surface area contributed by atoms with Crippen molar-refractivity contribution in [2.24, 2.45) is 0 Å². The minimum Gasteiger partial charge on any atom is -0.493 e. The zero-order valence-electron chi connectivity index (χ0n) is 24.4. The Kier molecular flexibility index (Phi) is 8.42. The summed E-state index contributed by atoms with van der Waals surface area (Å²) < 4.78 is 53.5. The van der Waals surface area contributed by atoms with Crippen LogP contribution in [0.1, 0.15) is 34.5 Å². The summed E-state index contributed by atoms with van der Waals surface area (Å²) in [6.45, 7) is 1.83. The van der Waals surface area contributed by atoms with E-state index in [0.29, 0.717) is 22.6 Å². The molecule has 1 heterocycles. The van der Waals surface area contributed by atoms with Crippen molar-refractivity contribution >= 4 is 21.7 Å². The Hall–Kier alpha value is -4.78. The molecule has 4 aromatic rings. The molecule has 3 atom stereocenters. The third-order valence-corrected chi connectivity index (χ3v) is 9.39. The molecular formula is C32H30N2O9S. The highest BCUT2D eigenvalue weighted by atomic mass is 32.2. The zero-order chi connectivity index (χ0) is 31.6. The fourth-order valence-corrected chi connectivity index (χ4v) is 7.11. The average Bonchev–Trinajstić information content (AvgIpc) is 3.43. The van der Waals surface area contributed by atoms with E-state index in [1.165, 1.54) is 57.7 Å². The maximum atomic E-state index is 14.7. The highest BCUT2D eigenvalue weighted by Gasteiger charge is 2.64. The number of sulfonamides is 1. The van der Waals surface area contributed by atoms with Crippen molar-refractivity contribution in [1.82, 2.24) is 4.31 Å². The maximum absolute atomic E-state index is 14.7. The van der Waals surface area contributed by atoms with Crippen LogP contribution in [0.4, 0.5) is 5.69 Å². The Morgan fingerprint density at radius 1 is 0.864 bits per heavy atom. The minimum absolute atomic E-state index is 0.0437. The highest BCUT2D eigenvalue weighted by molar-refractivity contribution is 7.89. The predicted molar refractivity (Wildman–Crippen MR) is 160 cm³/mol. The van der Waals surface area contributed by atoms with Crippen molar-refractivity contribution in [1.29, 1.82) is 0 Å². The van der Waals surface area contributed by atoms with Gasteiger partial charge >= 0.3 is 5.97 Å². The van der Waals surface area contributed by atoms with E-state index in [2.05, 4.69) is 0 Å². The Bertz CT molecular complexity index is 1780. The molecule has 0 bridgehead atoms. The first-order chi connectivity index (χ1) is 21.1. The average molecular weight is 619 g/mol. The summed E-state index contributed by atoms with van der Waals surface area (Å²) in [6, 6.07) is 23.5. The van der Waals surface area contributed by atoms with Crippen LogP contribution in [-0.2, 0) is 29.9 Å². The third kappa shape index (κ3) is 5.17. The number of esters is 1. The smallest absolute Gasteiger partial charge is 0.345 e. The maximum Gasteiger partial charge on any atom is 0.345 e. The summed E-state index contributed by atoms with van der Waals surface area (Å²) in [4.78, 5) is 24.9. The van der Waals surface area contributed by atoms with Crippen LogP contribution >= 0.6 is 0 Å². The molecule has 0 radical (unpaired) electrons. The molecule has 0 spiro atoms. The van der Waals surface area contributed by atoms with Crippen molar-refractivity contribution in [3.63, 3.8) is 0 Å². The Labute approximate surface area is 254 Å². The van der Waals surface area contributed by atoms with Gasteiger partial charge in [-0.05, 0) is 42.3 Å². The number of carbonyl (C=O) groups is 1. The van der Waals surface area contributed by atoms with Gasteiger partial charge in [-0.15, -0.1) is 0 Å². The van der Waals surface area contributed by atoms with Gasteiger partial charge in [0, 0.05) is 17.7 Å². The van der Waals surface area contributed by atoms with Gasteiger partial charge in [-0.2, -0.15) is 4.31 Å². The predicted octanol–water partition coefficient (Wildman–Crippen LogP) is 5.45. The van der Waals surface area contributed by atoms with Crippen molar-refractivity contribution in [2.75, 3.05) is 21.3 Å². The van der Waals surface area contributed by atoms with Crippen molar-refractivity contribution in [3.05, 3.63) is 129 Å². The molecule has 5 rings (SSSR count). The van der Waals surface area contributed by atoms with Gasteiger partial charge in [-0.1, -0.05) is 66.2 Å². The first kappa shape index (κ1) is 30.7. The monoisotopic (exact) mass is 618 g/mol. The number of aryl methyl sites for hydroxylation is 1. The largest absolute Gasteiger partial charge is 0.493 e. The first-order valence-corrected chi connectivity index (χ1v) is 14.9. The second-order valence-electron chi connectivity index (χ2n) is 10.1. The van der Waals surface area contributed by atoms with Gasteiger partial charge in [0.1, 0.15) is 0 Å². The van der Waals surface area contributed by atoms with Crippen LogP contribution in [0, 0.1) is 17.0 Å². The summed E-state index contributed by atoms with van der Waals surface area (Å²) in [6.07, 6.45) is -1.39. The van der Waals surface area contributed by atoms with Crippen LogP contribution in [-0.4, -0.2) is 44.9 Å². The molecule has 0 aromatic heterocycles. The molecule has 228 valence electrons. The van der Waals surface area contributed by atoms with Gasteiger partial charge < -0.3 is 18.9 Å². The van der Waals surface area contributed by atoms with Crippen LogP contribution in [0.5, 0.6) is 11.5 Å². The number of benzene rings is 4. The number of nitrogens with zero attached hydrogens (tertiary/aromatic N) is 2. The van der Waals surface area contributed by atoms with E-state index >= 15 is 0 Å². The topological polar surface area (TPSA) is 135 Å². The van der Waals surface area contributed by atoms with Gasteiger partial charge in [-0.25, -0.2) is 13.2 Å². The van der Waals surface area contributed by atoms with Crippen LogP contribution in [0.15, 0.2) is 102 Å². The Morgan fingerprint density at radius 2 is 1.48 bits per heavy atom. The molecule has 0 aliphatic carbocycles. The molecule has 4 aromatic carbocycles. The summed E-state index contributed by atoms with van der Waals surface area (Å²) in [5, 5.41) is 11.5. The number of hydrogen-bond acceptors (Lipinski definition) is 9. The number of rotatable bonds is 9. The number of non-ortho nitro benzene ring substituents is 1. The van der Waals surface area contributed by atoms with Crippen molar-refractivity contribution in [2.45, 2.75) is 29.7 Å². The number of carbonyl (C=O) groups excluding carboxylic acids is 1. The van der Waals surface area contributed by atoms with E-state index in [1.807, 2.05) is 6.92 Å². The fraction of sp³-hybridized carbons (Fsp3) is 0.219. The first-order valence-electron chi connectivity index (χ1n) is 13.5. The zero-order valence-corrected chi connectivity index (χ0v) is 25.2. The third-order valence-electron chi connectivity index (χ3n) is 7.57. The van der Waals surface area contributed by atoms with Crippen LogP contribution < -0.4 is 9.47 Å². The Balaban J connectivity index is 1.87. The van der Waals surface area contributed by atoms with Gasteiger partial charge in [0.2, 0.25) is 15.6 Å². The van der Waals surface area contributed by atoms with E-state index in [9.17, 15) is 23.3 Å². The lowest BCUT2D eigenvalue weighted by molar-refractivity contribution is -0.384. The van der Waals surface area contributed by atoms with Crippen LogP contribution in [0.3, 0.4) is 0 Å². The lowest BCUT2D eigenvalue weighted by Crippen LogP contribution is -2.45. The normalized spacial score (nSPS) is 20.2. The second kappa shape index (κ2) is 12.1. The van der Waals surface area contributed by atoms with Gasteiger partial charge in [-0.3, -0.25) is 10.1 Å². The molecule has 1 fully saturated rings. The molecule has 0 N–H and O–H groups in total. The highest BCUT2D eigenvalue weighted by Crippen LogP contribution is 2.57. The molecule has 1 saturated heterocycles. The molecule has 0 amide bonds. The SMILES string of the molecule is COC(=O)[C@@]1(c2ccccc2)O[C@H](c2ccc(OC)c(OC)c2)N(S(=O)(=O)c2ccc(C)cc2)[C@@H]1c1ccc([N+](=O)[O-])cc1. The lowest BCUT2D eigenvalue weighted by atomic mass is 9.83. The molecule has 1 aliphatic rings. The van der Waals surface area contributed by atoms with E-state index in [4.69, 9.17) is 18.9 Å².